The van der Waals surface area contributed by atoms with Crippen molar-refractivity contribution in [2.45, 2.75) is 6.18 Å². The Morgan fingerprint density at radius 3 is 2.50 bits per heavy atom. The van der Waals surface area contributed by atoms with Crippen molar-refractivity contribution in [1.29, 1.82) is 0 Å². The predicted octanol–water partition coefficient (Wildman–Crippen LogP) is 5.07. The summed E-state index contributed by atoms with van der Waals surface area (Å²) in [4.78, 5) is 14.9. The molecule has 5 nitrogen and oxygen atoms in total. The van der Waals surface area contributed by atoms with Crippen LogP contribution in [0.5, 0.6) is 5.88 Å². The Morgan fingerprint density at radius 2 is 2.00 bits per heavy atom. The number of alkyl halides is 3. The summed E-state index contributed by atoms with van der Waals surface area (Å²) in [6.07, 6.45) is -8.88. The van der Waals surface area contributed by atoms with E-state index in [2.05, 4.69) is 14.2 Å². The number of hydrogen-bond acceptors (Lipinski definition) is 6. The molecule has 0 atom stereocenters. The van der Waals surface area contributed by atoms with Gasteiger partial charge >= 0.3 is 18.2 Å². The highest BCUT2D eigenvalue weighted by Crippen LogP contribution is 2.57. The van der Waals surface area contributed by atoms with Gasteiger partial charge in [0.2, 0.25) is 5.88 Å². The molecule has 0 N–H and O–H groups in total. The zero-order chi connectivity index (χ0) is 16.7. The van der Waals surface area contributed by atoms with Crippen molar-refractivity contribution in [1.82, 2.24) is 4.98 Å². The molecule has 2 aromatic rings. The Morgan fingerprint density at radius 1 is 1.36 bits per heavy atom. The van der Waals surface area contributed by atoms with Gasteiger partial charge in [-0.1, -0.05) is 0 Å². The SMILES string of the molecule is COC(=O)c1cc2c(C(F)(F)F)cc(OP(=O)(Cl)Cl)nc2s1. The third-order valence-corrected chi connectivity index (χ3v) is 4.20. The first kappa shape index (κ1) is 17.3. The number of carbonyl (C=O) groups is 1. The molecule has 120 valence electrons. The van der Waals surface area contributed by atoms with Gasteiger partial charge in [-0.05, 0) is 6.07 Å². The summed E-state index contributed by atoms with van der Waals surface area (Å²) in [6.45, 7) is 0. The van der Waals surface area contributed by atoms with Crippen LogP contribution in [0.1, 0.15) is 15.2 Å². The van der Waals surface area contributed by atoms with Crippen LogP contribution in [0.15, 0.2) is 12.1 Å². The fraction of sp³-hybridized carbons (Fsp3) is 0.200. The van der Waals surface area contributed by atoms with Crippen LogP contribution in [0, 0.1) is 0 Å². The van der Waals surface area contributed by atoms with Crippen molar-refractivity contribution >= 4 is 56.1 Å². The van der Waals surface area contributed by atoms with Gasteiger partial charge in [0.1, 0.15) is 9.71 Å². The largest absolute Gasteiger partial charge is 0.465 e. The molecule has 0 aliphatic carbocycles. The molecule has 0 amide bonds. The zero-order valence-electron chi connectivity index (χ0n) is 10.5. The zero-order valence-corrected chi connectivity index (χ0v) is 13.7. The molecule has 12 heteroatoms. The first-order valence-corrected chi connectivity index (χ1v) is 9.55. The highest BCUT2D eigenvalue weighted by molar-refractivity contribution is 8.05. The second kappa shape index (κ2) is 5.88. The summed E-state index contributed by atoms with van der Waals surface area (Å²) < 4.78 is 59.4. The number of ether oxygens (including phenoxy) is 1. The molecule has 0 saturated heterocycles. The Labute approximate surface area is 135 Å². The van der Waals surface area contributed by atoms with Crippen LogP contribution >= 0.6 is 39.9 Å². The van der Waals surface area contributed by atoms with Gasteiger partial charge in [-0.3, -0.25) is 0 Å². The maximum absolute atomic E-state index is 13.1. The fourth-order valence-electron chi connectivity index (χ4n) is 1.58. The van der Waals surface area contributed by atoms with Crippen LogP contribution in [0.3, 0.4) is 0 Å². The van der Waals surface area contributed by atoms with Gasteiger partial charge in [-0.15, -0.1) is 11.3 Å². The standard InChI is InChI=1S/C10H5Cl2F3NO4PS/c1-19-9(17)6-2-4-5(10(13,14)15)3-7(16-8(4)22-6)20-21(11,12)18/h2-3H,1H3. The molecule has 2 heterocycles. The van der Waals surface area contributed by atoms with Crippen molar-refractivity contribution in [2.24, 2.45) is 0 Å². The number of hydrogen-bond donors (Lipinski definition) is 0. The lowest BCUT2D eigenvalue weighted by molar-refractivity contribution is -0.136. The Hall–Kier alpha value is -1.02. The van der Waals surface area contributed by atoms with Gasteiger partial charge in [-0.2, -0.15) is 13.2 Å². The Balaban J connectivity index is 2.68. The smallest absolute Gasteiger partial charge is 0.429 e. The van der Waals surface area contributed by atoms with Crippen molar-refractivity contribution in [3.05, 3.63) is 22.6 Å². The predicted molar refractivity (Wildman–Crippen MR) is 75.9 cm³/mol. The van der Waals surface area contributed by atoms with Crippen LogP contribution in [0.4, 0.5) is 13.2 Å². The van der Waals surface area contributed by atoms with E-state index in [1.54, 1.807) is 0 Å². The van der Waals surface area contributed by atoms with Gasteiger partial charge in [0.25, 0.3) is 0 Å². The topological polar surface area (TPSA) is 65.5 Å². The second-order valence-electron chi connectivity index (χ2n) is 3.83. The van der Waals surface area contributed by atoms with Gasteiger partial charge in [-0.25, -0.2) is 14.3 Å². The molecular weight excluding hydrogens is 389 g/mol. The number of aromatic nitrogens is 1. The number of halogens is 5. The van der Waals surface area contributed by atoms with Crippen molar-refractivity contribution in [3.63, 3.8) is 0 Å². The number of rotatable bonds is 3. The summed E-state index contributed by atoms with van der Waals surface area (Å²) >= 11 is 11.0. The molecule has 0 aliphatic rings. The summed E-state index contributed by atoms with van der Waals surface area (Å²) in [6, 6.07) is 1.51. The number of pyridine rings is 1. The first-order chi connectivity index (χ1) is 10.0. The molecule has 0 radical (unpaired) electrons. The normalized spacial score (nSPS) is 12.5. The average molecular weight is 394 g/mol. The molecule has 0 fully saturated rings. The molecular formula is C10H5Cl2F3NO4PS. The van der Waals surface area contributed by atoms with Gasteiger partial charge in [0, 0.05) is 33.9 Å². The number of nitrogens with zero attached hydrogens (tertiary/aromatic N) is 1. The molecule has 0 aliphatic heterocycles. The monoisotopic (exact) mass is 393 g/mol. The van der Waals surface area contributed by atoms with Crippen LogP contribution < -0.4 is 4.52 Å². The van der Waals surface area contributed by atoms with Crippen molar-refractivity contribution < 1.29 is 31.8 Å². The quantitative estimate of drug-likeness (QED) is 0.538. The molecule has 2 rings (SSSR count). The number of thiophene rings is 1. The number of esters is 1. The lowest BCUT2D eigenvalue weighted by atomic mass is 10.1. The molecule has 2 aromatic heterocycles. The lowest BCUT2D eigenvalue weighted by Gasteiger charge is -2.11. The van der Waals surface area contributed by atoms with Crippen LogP contribution in [0.25, 0.3) is 10.2 Å². The van der Waals surface area contributed by atoms with Crippen LogP contribution in [-0.2, 0) is 15.5 Å². The summed E-state index contributed by atoms with van der Waals surface area (Å²) in [5.41, 5.74) is -1.12. The highest BCUT2D eigenvalue weighted by atomic mass is 35.9. The second-order valence-corrected chi connectivity index (χ2v) is 9.06. The third-order valence-electron chi connectivity index (χ3n) is 2.37. The Bertz CT molecular complexity index is 788. The maximum Gasteiger partial charge on any atom is 0.429 e. The fourth-order valence-corrected chi connectivity index (χ4v) is 3.28. The van der Waals surface area contributed by atoms with E-state index < -0.39 is 29.7 Å². The van der Waals surface area contributed by atoms with Gasteiger partial charge in [0.15, 0.2) is 0 Å². The van der Waals surface area contributed by atoms with Gasteiger partial charge < -0.3 is 9.26 Å². The highest BCUT2D eigenvalue weighted by Gasteiger charge is 2.35. The number of carbonyl (C=O) groups excluding carboxylic acids is 1. The van der Waals surface area contributed by atoms with E-state index in [1.165, 1.54) is 0 Å². The average Bonchev–Trinajstić information content (AvgIpc) is 2.77. The van der Waals surface area contributed by atoms with Crippen LogP contribution in [-0.4, -0.2) is 18.1 Å². The van der Waals surface area contributed by atoms with E-state index in [-0.39, 0.29) is 15.1 Å². The molecule has 0 spiro atoms. The first-order valence-electron chi connectivity index (χ1n) is 5.30. The molecule has 0 unspecified atom stereocenters. The third kappa shape index (κ3) is 3.84. The summed E-state index contributed by atoms with van der Waals surface area (Å²) in [5.74, 6) is -1.47. The summed E-state index contributed by atoms with van der Waals surface area (Å²) in [5, 5.41) is -0.316. The Kier molecular flexibility index (Phi) is 4.64. The molecule has 22 heavy (non-hydrogen) atoms. The van der Waals surface area contributed by atoms with E-state index in [9.17, 15) is 22.5 Å². The van der Waals surface area contributed by atoms with Gasteiger partial charge in [0.05, 0.1) is 12.7 Å². The molecule has 0 saturated carbocycles. The van der Waals surface area contributed by atoms with E-state index in [1.807, 2.05) is 0 Å². The van der Waals surface area contributed by atoms with Crippen molar-refractivity contribution in [2.75, 3.05) is 7.11 Å². The number of fused-ring (bicyclic) bond motifs is 1. The number of methoxy groups -OCH3 is 1. The van der Waals surface area contributed by atoms with E-state index in [0.717, 1.165) is 13.2 Å². The summed E-state index contributed by atoms with van der Waals surface area (Å²) in [7, 11) is 1.09. The van der Waals surface area contributed by atoms with Crippen LogP contribution in [0.2, 0.25) is 0 Å². The maximum atomic E-state index is 13.1. The minimum atomic E-state index is -4.75. The molecule has 0 aromatic carbocycles. The minimum Gasteiger partial charge on any atom is -0.465 e. The van der Waals surface area contributed by atoms with E-state index >= 15 is 0 Å². The minimum absolute atomic E-state index is 0.0763. The lowest BCUT2D eigenvalue weighted by Crippen LogP contribution is -2.06. The van der Waals surface area contributed by atoms with E-state index in [0.29, 0.717) is 17.4 Å². The molecule has 0 bridgehead atoms. The van der Waals surface area contributed by atoms with Crippen molar-refractivity contribution in [3.8, 4) is 5.88 Å². The van der Waals surface area contributed by atoms with E-state index in [4.69, 9.17) is 22.5 Å².